The molecule has 4 rings (SSSR count). The molecule has 2 aliphatic carbocycles. The number of anilines is 1. The van der Waals surface area contributed by atoms with Crippen LogP contribution in [0.3, 0.4) is 0 Å². The molecule has 1 amide bonds. The van der Waals surface area contributed by atoms with Crippen molar-refractivity contribution in [2.45, 2.75) is 67.5 Å². The summed E-state index contributed by atoms with van der Waals surface area (Å²) in [6.45, 7) is 3.59. The molecule has 7 atom stereocenters. The van der Waals surface area contributed by atoms with Crippen LogP contribution in [0.2, 0.25) is 5.02 Å². The maximum Gasteiger partial charge on any atom is 0.255 e. The minimum atomic E-state index is -4.06. The number of rotatable bonds is 7. The van der Waals surface area contributed by atoms with Gasteiger partial charge in [0.1, 0.15) is 6.10 Å². The van der Waals surface area contributed by atoms with Crippen molar-refractivity contribution in [3.63, 3.8) is 0 Å². The van der Waals surface area contributed by atoms with Crippen molar-refractivity contribution < 1.29 is 37.3 Å². The molecule has 2 aliphatic rings. The molecule has 0 aliphatic heterocycles. The van der Waals surface area contributed by atoms with E-state index >= 15 is 0 Å². The summed E-state index contributed by atoms with van der Waals surface area (Å²) in [4.78, 5) is 12.5. The van der Waals surface area contributed by atoms with Crippen LogP contribution in [0.4, 0.5) is 14.5 Å². The molecule has 4 N–H and O–H groups in total. The van der Waals surface area contributed by atoms with E-state index in [-0.39, 0.29) is 46.3 Å². The molecule has 0 unspecified atom stereocenters. The Labute approximate surface area is 219 Å². The fourth-order valence-corrected chi connectivity index (χ4v) is 8.40. The van der Waals surface area contributed by atoms with Crippen LogP contribution in [0.15, 0.2) is 41.3 Å². The number of amides is 1. The van der Waals surface area contributed by atoms with Gasteiger partial charge in [-0.2, -0.15) is 0 Å². The zero-order chi connectivity index (χ0) is 27.3. The third kappa shape index (κ3) is 4.90. The maximum absolute atomic E-state index is 13.7. The van der Waals surface area contributed by atoms with Crippen LogP contribution in [0, 0.1) is 29.4 Å². The second-order valence-electron chi connectivity index (χ2n) is 10.2. The number of hydrogen-bond acceptors (Lipinski definition) is 6. The van der Waals surface area contributed by atoms with Gasteiger partial charge in [0.25, 0.3) is 5.91 Å². The van der Waals surface area contributed by atoms with E-state index in [1.807, 2.05) is 6.92 Å². The van der Waals surface area contributed by atoms with E-state index in [2.05, 4.69) is 5.32 Å². The smallest absolute Gasteiger partial charge is 0.255 e. The summed E-state index contributed by atoms with van der Waals surface area (Å²) < 4.78 is 54.1. The van der Waals surface area contributed by atoms with Gasteiger partial charge in [-0.1, -0.05) is 25.4 Å². The molecule has 0 heterocycles. The minimum absolute atomic E-state index is 0.00629. The van der Waals surface area contributed by atoms with Gasteiger partial charge >= 0.3 is 0 Å². The average Bonchev–Trinajstić information content (AvgIpc) is 2.97. The molecule has 0 radical (unpaired) electrons. The second-order valence-corrected chi connectivity index (χ2v) is 12.8. The van der Waals surface area contributed by atoms with E-state index < -0.39 is 62.3 Å². The summed E-state index contributed by atoms with van der Waals surface area (Å²) in [5.41, 5.74) is -1.65. The fourth-order valence-electron chi connectivity index (χ4n) is 6.03. The number of fused-ring (bicyclic) bond motifs is 2. The summed E-state index contributed by atoms with van der Waals surface area (Å²) in [6, 6.07) is 6.60. The summed E-state index contributed by atoms with van der Waals surface area (Å²) in [5, 5.41) is 33.9. The van der Waals surface area contributed by atoms with Gasteiger partial charge in [-0.25, -0.2) is 17.2 Å². The zero-order valence-electron chi connectivity index (χ0n) is 20.4. The predicted molar refractivity (Wildman–Crippen MR) is 134 cm³/mol. The Morgan fingerprint density at radius 2 is 1.84 bits per heavy atom. The van der Waals surface area contributed by atoms with Crippen molar-refractivity contribution >= 4 is 33.0 Å². The van der Waals surface area contributed by atoms with E-state index in [4.69, 9.17) is 11.6 Å². The maximum atomic E-state index is 13.7. The molecule has 2 fully saturated rings. The Hall–Kier alpha value is -2.11. The molecule has 0 spiro atoms. The highest BCUT2D eigenvalue weighted by Crippen LogP contribution is 2.56. The van der Waals surface area contributed by atoms with Crippen molar-refractivity contribution in [3.05, 3.63) is 58.6 Å². The van der Waals surface area contributed by atoms with E-state index in [0.717, 1.165) is 18.2 Å². The first kappa shape index (κ1) is 27.9. The fraction of sp³-hybridized carbons (Fsp3) is 0.500. The van der Waals surface area contributed by atoms with Gasteiger partial charge in [-0.15, -0.1) is 0 Å². The number of halogens is 3. The summed E-state index contributed by atoms with van der Waals surface area (Å²) in [5.74, 6) is -4.12. The quantitative estimate of drug-likeness (QED) is 0.409. The molecule has 2 aromatic rings. The van der Waals surface area contributed by atoms with Crippen molar-refractivity contribution in [3.8, 4) is 0 Å². The number of carbonyl (C=O) groups excluding carboxylic acids is 1. The van der Waals surface area contributed by atoms with Crippen LogP contribution < -0.4 is 5.32 Å². The third-order valence-corrected chi connectivity index (χ3v) is 10.7. The zero-order valence-corrected chi connectivity index (χ0v) is 21.9. The van der Waals surface area contributed by atoms with Crippen LogP contribution in [0.5, 0.6) is 0 Å². The van der Waals surface area contributed by atoms with Crippen LogP contribution >= 0.6 is 11.6 Å². The van der Waals surface area contributed by atoms with Crippen LogP contribution in [-0.2, 0) is 9.84 Å². The monoisotopic (exact) mass is 557 g/mol. The molecule has 0 saturated heterocycles. The van der Waals surface area contributed by atoms with Gasteiger partial charge in [-0.05, 0) is 73.8 Å². The lowest BCUT2D eigenvalue weighted by atomic mass is 9.68. The Balaban J connectivity index is 1.60. The number of carbonyl (C=O) groups is 1. The van der Waals surface area contributed by atoms with Crippen molar-refractivity contribution in [1.82, 2.24) is 0 Å². The van der Waals surface area contributed by atoms with Gasteiger partial charge in [0.05, 0.1) is 26.9 Å². The average molecular weight is 558 g/mol. The summed E-state index contributed by atoms with van der Waals surface area (Å²) in [7, 11) is -4.06. The van der Waals surface area contributed by atoms with Gasteiger partial charge in [0.2, 0.25) is 0 Å². The SMILES string of the molecule is CC[C@@H](O)[C@H](O)[C@@]1(O)[C@H]2C[C@@H](S(=O)(=O)c3cc(C(=O)Nc4ccc(F)c(F)c4)ccc3Cl)C[C@@H]1[C@@H](C)C2. The van der Waals surface area contributed by atoms with Crippen molar-refractivity contribution in [2.75, 3.05) is 5.32 Å². The summed E-state index contributed by atoms with van der Waals surface area (Å²) >= 11 is 6.26. The van der Waals surface area contributed by atoms with E-state index in [1.54, 1.807) is 6.92 Å². The first-order valence-corrected chi connectivity index (χ1v) is 14.1. The standard InChI is InChI=1S/C26H30ClF2NO6S/c1-3-22(31)24(32)26(34)15-8-13(2)18(26)12-17(10-15)37(35,36)23-9-14(4-6-19(23)27)25(33)30-16-5-7-20(28)21(29)11-16/h4-7,9,11,13,15,17-18,22,24,31-32,34H,3,8,10,12H2,1-2H3,(H,30,33)/t13-,15+,17+,18+,22+,24-,26+/m0/s1. The Kier molecular flexibility index (Phi) is 7.71. The van der Waals surface area contributed by atoms with Crippen LogP contribution in [-0.4, -0.2) is 52.7 Å². The Morgan fingerprint density at radius 3 is 2.46 bits per heavy atom. The third-order valence-electron chi connectivity index (χ3n) is 8.03. The Bertz CT molecular complexity index is 1310. The molecule has 11 heteroatoms. The predicted octanol–water partition coefficient (Wildman–Crippen LogP) is 3.94. The molecule has 2 aromatic carbocycles. The van der Waals surface area contributed by atoms with Crippen molar-refractivity contribution in [1.29, 1.82) is 0 Å². The lowest BCUT2D eigenvalue weighted by Gasteiger charge is -2.47. The van der Waals surface area contributed by atoms with Gasteiger partial charge < -0.3 is 20.6 Å². The van der Waals surface area contributed by atoms with Gasteiger partial charge in [0.15, 0.2) is 21.5 Å². The van der Waals surface area contributed by atoms with Crippen LogP contribution in [0.1, 0.15) is 49.9 Å². The first-order valence-electron chi connectivity index (χ1n) is 12.2. The molecular formula is C26H30ClF2NO6S. The second kappa shape index (κ2) is 10.2. The molecule has 2 bridgehead atoms. The molecule has 7 nitrogen and oxygen atoms in total. The summed E-state index contributed by atoms with van der Waals surface area (Å²) in [6.07, 6.45) is -1.65. The molecular weight excluding hydrogens is 528 g/mol. The molecule has 202 valence electrons. The highest BCUT2D eigenvalue weighted by molar-refractivity contribution is 7.92. The molecule has 2 saturated carbocycles. The van der Waals surface area contributed by atoms with Crippen molar-refractivity contribution in [2.24, 2.45) is 17.8 Å². The number of nitrogens with one attached hydrogen (secondary N) is 1. The first-order chi connectivity index (χ1) is 17.3. The number of benzene rings is 2. The normalized spacial score (nSPS) is 29.1. The largest absolute Gasteiger partial charge is 0.390 e. The lowest BCUT2D eigenvalue weighted by molar-refractivity contribution is -0.178. The minimum Gasteiger partial charge on any atom is -0.390 e. The van der Waals surface area contributed by atoms with E-state index in [9.17, 15) is 37.3 Å². The lowest BCUT2D eigenvalue weighted by Crippen LogP contribution is -2.59. The highest BCUT2D eigenvalue weighted by atomic mass is 35.5. The number of sulfone groups is 1. The van der Waals surface area contributed by atoms with Crippen LogP contribution in [0.25, 0.3) is 0 Å². The van der Waals surface area contributed by atoms with E-state index in [0.29, 0.717) is 6.42 Å². The number of hydrogen-bond donors (Lipinski definition) is 4. The topological polar surface area (TPSA) is 124 Å². The molecule has 0 aromatic heterocycles. The van der Waals surface area contributed by atoms with E-state index in [1.165, 1.54) is 18.2 Å². The molecule has 37 heavy (non-hydrogen) atoms. The Morgan fingerprint density at radius 1 is 1.14 bits per heavy atom. The van der Waals surface area contributed by atoms with Gasteiger partial charge in [0, 0.05) is 17.3 Å². The number of aliphatic hydroxyl groups excluding tert-OH is 2. The highest BCUT2D eigenvalue weighted by Gasteiger charge is 2.62. The number of aliphatic hydroxyl groups is 3. The van der Waals surface area contributed by atoms with Gasteiger partial charge in [-0.3, -0.25) is 4.79 Å².